The summed E-state index contributed by atoms with van der Waals surface area (Å²) in [6.45, 7) is 4.89. The summed E-state index contributed by atoms with van der Waals surface area (Å²) in [6.07, 6.45) is 12.7. The molecule has 1 aliphatic heterocycles. The average Bonchev–Trinajstić information content (AvgIpc) is 3.56. The SMILES string of the molecule is CN1C(=O)C=C[C@]2(C)[C@H]3CC[C@]4(C)[C@@H](c5csc(NC(=O)c6ccco6)n5)CC[C@H]4[C@@H]3CC[C@@H]12. The van der Waals surface area contributed by atoms with Gasteiger partial charge in [-0.25, -0.2) is 4.98 Å². The topological polar surface area (TPSA) is 75.4 Å². The zero-order chi connectivity index (χ0) is 23.7. The van der Waals surface area contributed by atoms with E-state index in [4.69, 9.17) is 9.40 Å². The Labute approximate surface area is 204 Å². The van der Waals surface area contributed by atoms with Crippen molar-refractivity contribution in [2.45, 2.75) is 64.3 Å². The molecule has 2 aromatic heterocycles. The second-order valence-corrected chi connectivity index (χ2v) is 12.2. The zero-order valence-electron chi connectivity index (χ0n) is 20.1. The molecule has 7 heteroatoms. The normalized spacial score (nSPS) is 38.9. The van der Waals surface area contributed by atoms with E-state index in [9.17, 15) is 9.59 Å². The van der Waals surface area contributed by atoms with Crippen LogP contribution in [0.4, 0.5) is 5.13 Å². The minimum atomic E-state index is -0.254. The summed E-state index contributed by atoms with van der Waals surface area (Å²) in [5.41, 5.74) is 1.45. The van der Waals surface area contributed by atoms with E-state index in [1.54, 1.807) is 12.1 Å². The highest BCUT2D eigenvalue weighted by atomic mass is 32.1. The molecule has 0 radical (unpaired) electrons. The standard InChI is InChI=1S/C27H33N3O3S/c1-26-12-10-18-16(6-9-22-27(18,2)13-11-23(31)30(22)3)17(26)7-8-19(26)20-15-34-25(28-20)29-24(32)21-5-4-14-33-21/h4-5,11,13-19,22H,6-10,12H2,1-3H3,(H,28,29,32)/t16-,17-,18-,19+,22+,26-,27+/m0/s1. The first kappa shape index (κ1) is 22.1. The Morgan fingerprint density at radius 2 is 2.06 bits per heavy atom. The van der Waals surface area contributed by atoms with E-state index in [1.807, 2.05) is 18.0 Å². The van der Waals surface area contributed by atoms with Crippen LogP contribution in [0.1, 0.15) is 74.5 Å². The van der Waals surface area contributed by atoms with Crippen LogP contribution in [0.15, 0.2) is 40.3 Å². The number of rotatable bonds is 3. The molecule has 4 aliphatic rings. The number of aromatic nitrogens is 1. The summed E-state index contributed by atoms with van der Waals surface area (Å²) in [5, 5.41) is 5.68. The molecule has 6 nitrogen and oxygen atoms in total. The number of nitrogens with zero attached hydrogens (tertiary/aromatic N) is 2. The summed E-state index contributed by atoms with van der Waals surface area (Å²) < 4.78 is 5.21. The van der Waals surface area contributed by atoms with Crippen LogP contribution in [0.3, 0.4) is 0 Å². The number of nitrogens with one attached hydrogen (secondary N) is 1. The molecule has 2 aromatic rings. The van der Waals surface area contributed by atoms with Crippen molar-refractivity contribution in [3.05, 3.63) is 47.4 Å². The van der Waals surface area contributed by atoms with Crippen LogP contribution in [0.5, 0.6) is 0 Å². The summed E-state index contributed by atoms with van der Waals surface area (Å²) in [5.74, 6) is 2.66. The second kappa shape index (κ2) is 7.80. The Balaban J connectivity index is 1.22. The number of amides is 2. The van der Waals surface area contributed by atoms with E-state index in [2.05, 4.69) is 30.6 Å². The summed E-state index contributed by atoms with van der Waals surface area (Å²) >= 11 is 1.51. The molecule has 3 heterocycles. The number of hydrogen-bond acceptors (Lipinski definition) is 5. The third kappa shape index (κ3) is 3.15. The molecule has 3 saturated carbocycles. The zero-order valence-corrected chi connectivity index (χ0v) is 20.9. The number of carbonyl (C=O) groups is 2. The van der Waals surface area contributed by atoms with Crippen molar-refractivity contribution < 1.29 is 14.0 Å². The Morgan fingerprint density at radius 1 is 1.21 bits per heavy atom. The Hall–Kier alpha value is -2.41. The maximum Gasteiger partial charge on any atom is 0.293 e. The maximum atomic E-state index is 12.4. The quantitative estimate of drug-likeness (QED) is 0.612. The summed E-state index contributed by atoms with van der Waals surface area (Å²) in [6, 6.07) is 3.70. The van der Waals surface area contributed by atoms with Gasteiger partial charge in [-0.3, -0.25) is 14.9 Å². The van der Waals surface area contributed by atoms with Crippen LogP contribution < -0.4 is 5.32 Å². The molecule has 180 valence electrons. The lowest BCUT2D eigenvalue weighted by Gasteiger charge is -2.60. The lowest BCUT2D eigenvalue weighted by molar-refractivity contribution is -0.138. The maximum absolute atomic E-state index is 12.4. The molecule has 34 heavy (non-hydrogen) atoms. The van der Waals surface area contributed by atoms with E-state index in [-0.39, 0.29) is 22.6 Å². The van der Waals surface area contributed by atoms with Gasteiger partial charge in [0.05, 0.1) is 12.0 Å². The van der Waals surface area contributed by atoms with Crippen LogP contribution in [0.25, 0.3) is 0 Å². The molecular formula is C27H33N3O3S. The summed E-state index contributed by atoms with van der Waals surface area (Å²) in [4.78, 5) is 31.6. The molecule has 7 atom stereocenters. The lowest BCUT2D eigenvalue weighted by Crippen LogP contribution is -2.59. The molecule has 6 rings (SSSR count). The van der Waals surface area contributed by atoms with E-state index >= 15 is 0 Å². The molecule has 0 saturated heterocycles. The average molecular weight is 480 g/mol. The number of carbonyl (C=O) groups excluding carboxylic acids is 2. The minimum Gasteiger partial charge on any atom is -0.459 e. The molecule has 1 N–H and O–H groups in total. The van der Waals surface area contributed by atoms with Gasteiger partial charge in [0.2, 0.25) is 5.91 Å². The molecular weight excluding hydrogens is 446 g/mol. The van der Waals surface area contributed by atoms with E-state index in [0.29, 0.717) is 40.6 Å². The smallest absolute Gasteiger partial charge is 0.293 e. The highest BCUT2D eigenvalue weighted by molar-refractivity contribution is 7.14. The fourth-order valence-corrected chi connectivity index (χ4v) is 9.05. The Morgan fingerprint density at radius 3 is 2.85 bits per heavy atom. The molecule has 0 bridgehead atoms. The molecule has 0 aromatic carbocycles. The van der Waals surface area contributed by atoms with Crippen LogP contribution in [0, 0.1) is 28.6 Å². The van der Waals surface area contributed by atoms with Gasteiger partial charge < -0.3 is 9.32 Å². The molecule has 3 fully saturated rings. The van der Waals surface area contributed by atoms with E-state index < -0.39 is 0 Å². The largest absolute Gasteiger partial charge is 0.459 e. The van der Waals surface area contributed by atoms with Gasteiger partial charge in [-0.2, -0.15) is 0 Å². The van der Waals surface area contributed by atoms with Gasteiger partial charge in [-0.05, 0) is 79.9 Å². The highest BCUT2D eigenvalue weighted by Gasteiger charge is 2.60. The first-order valence-corrected chi connectivity index (χ1v) is 13.5. The van der Waals surface area contributed by atoms with Gasteiger partial charge in [0.15, 0.2) is 10.9 Å². The van der Waals surface area contributed by atoms with Crippen LogP contribution in [-0.4, -0.2) is 34.8 Å². The first-order chi connectivity index (χ1) is 16.3. The van der Waals surface area contributed by atoms with Gasteiger partial charge in [0.1, 0.15) is 0 Å². The highest BCUT2D eigenvalue weighted by Crippen LogP contribution is 2.67. The second-order valence-electron chi connectivity index (χ2n) is 11.3. The monoisotopic (exact) mass is 479 g/mol. The Bertz CT molecular complexity index is 1140. The summed E-state index contributed by atoms with van der Waals surface area (Å²) in [7, 11) is 1.98. The number of fused-ring (bicyclic) bond motifs is 5. The van der Waals surface area contributed by atoms with Crippen LogP contribution in [-0.2, 0) is 4.79 Å². The van der Waals surface area contributed by atoms with Crippen LogP contribution in [0.2, 0.25) is 0 Å². The van der Waals surface area contributed by atoms with Gasteiger partial charge in [0.25, 0.3) is 5.91 Å². The molecule has 3 aliphatic carbocycles. The van der Waals surface area contributed by atoms with Gasteiger partial charge in [-0.15, -0.1) is 11.3 Å². The van der Waals surface area contributed by atoms with Gasteiger partial charge in [0, 0.05) is 29.8 Å². The predicted molar refractivity (Wildman–Crippen MR) is 132 cm³/mol. The molecule has 2 amide bonds. The predicted octanol–water partition coefficient (Wildman–Crippen LogP) is 5.71. The Kier molecular flexibility index (Phi) is 5.07. The number of thiazole rings is 1. The number of likely N-dealkylation sites (N-methyl/N-ethyl adjacent to an activating group) is 1. The molecule has 0 unspecified atom stereocenters. The van der Waals surface area contributed by atoms with Crippen molar-refractivity contribution in [2.75, 3.05) is 12.4 Å². The number of anilines is 1. The van der Waals surface area contributed by atoms with Crippen molar-refractivity contribution in [1.29, 1.82) is 0 Å². The van der Waals surface area contributed by atoms with E-state index in [0.717, 1.165) is 18.5 Å². The van der Waals surface area contributed by atoms with Gasteiger partial charge >= 0.3 is 0 Å². The minimum absolute atomic E-state index is 0.0783. The van der Waals surface area contributed by atoms with E-state index in [1.165, 1.54) is 43.3 Å². The third-order valence-electron chi connectivity index (χ3n) is 9.97. The van der Waals surface area contributed by atoms with Gasteiger partial charge in [-0.1, -0.05) is 19.9 Å². The third-order valence-corrected chi connectivity index (χ3v) is 10.7. The fourth-order valence-electron chi connectivity index (χ4n) is 8.29. The van der Waals surface area contributed by atoms with Crippen molar-refractivity contribution in [2.24, 2.45) is 28.6 Å². The van der Waals surface area contributed by atoms with Crippen molar-refractivity contribution in [1.82, 2.24) is 9.88 Å². The first-order valence-electron chi connectivity index (χ1n) is 12.6. The molecule has 0 spiro atoms. The van der Waals surface area contributed by atoms with Crippen molar-refractivity contribution in [3.8, 4) is 0 Å². The lowest BCUT2D eigenvalue weighted by atomic mass is 9.47. The van der Waals surface area contributed by atoms with Crippen molar-refractivity contribution in [3.63, 3.8) is 0 Å². The number of hydrogen-bond donors (Lipinski definition) is 1. The fraction of sp³-hybridized carbons (Fsp3) is 0.593. The van der Waals surface area contributed by atoms with Crippen molar-refractivity contribution >= 4 is 28.3 Å². The van der Waals surface area contributed by atoms with Crippen LogP contribution >= 0.6 is 11.3 Å². The number of furan rings is 1.